The van der Waals surface area contributed by atoms with E-state index in [0.29, 0.717) is 5.56 Å². The van der Waals surface area contributed by atoms with Gasteiger partial charge in [-0.1, -0.05) is 0 Å². The minimum Gasteiger partial charge on any atom is -0.449 e. The lowest BCUT2D eigenvalue weighted by Gasteiger charge is -2.05. The molecule has 0 N–H and O–H groups in total. The standard InChI is InChI=1S/C13H12F2N2O2S/c1-2-19-13(18)17-4-3-16(12(17)20)8-9-5-10(14)7-11(15)6-9/h3-7H,2,8H2,1H3. The molecule has 0 saturated heterocycles. The number of carbonyl (C=O) groups excluding carboxylic acids is 1. The van der Waals surface area contributed by atoms with Crippen molar-refractivity contribution in [1.82, 2.24) is 9.13 Å². The third-order valence-electron chi connectivity index (χ3n) is 2.59. The molecule has 1 heterocycles. The summed E-state index contributed by atoms with van der Waals surface area (Å²) in [5, 5.41) is 0. The Morgan fingerprint density at radius 2 is 1.90 bits per heavy atom. The summed E-state index contributed by atoms with van der Waals surface area (Å²) in [6.07, 6.45) is 2.43. The predicted octanol–water partition coefficient (Wildman–Crippen LogP) is 3.35. The number of aromatic nitrogens is 2. The van der Waals surface area contributed by atoms with Crippen molar-refractivity contribution in [2.24, 2.45) is 0 Å². The number of hydrogen-bond acceptors (Lipinski definition) is 3. The smallest absolute Gasteiger partial charge is 0.420 e. The van der Waals surface area contributed by atoms with Crippen LogP contribution < -0.4 is 0 Å². The fourth-order valence-corrected chi connectivity index (χ4v) is 2.03. The van der Waals surface area contributed by atoms with Crippen LogP contribution in [0.4, 0.5) is 13.6 Å². The van der Waals surface area contributed by atoms with Crippen LogP contribution in [-0.2, 0) is 11.3 Å². The Bertz CT molecular complexity index is 674. The Kier molecular flexibility index (Phi) is 4.29. The summed E-state index contributed by atoms with van der Waals surface area (Å²) in [5.41, 5.74) is 0.417. The van der Waals surface area contributed by atoms with Gasteiger partial charge in [0.2, 0.25) is 0 Å². The molecule has 0 aliphatic rings. The molecule has 0 spiro atoms. The van der Waals surface area contributed by atoms with Crippen LogP contribution in [-0.4, -0.2) is 21.8 Å². The molecule has 0 aliphatic heterocycles. The highest BCUT2D eigenvalue weighted by Crippen LogP contribution is 2.10. The van der Waals surface area contributed by atoms with Gasteiger partial charge in [-0.05, 0) is 36.8 Å². The van der Waals surface area contributed by atoms with Crippen LogP contribution in [0.25, 0.3) is 0 Å². The average Bonchev–Trinajstić information content (AvgIpc) is 2.70. The van der Waals surface area contributed by atoms with Crippen molar-refractivity contribution in [3.8, 4) is 0 Å². The second-order valence-electron chi connectivity index (χ2n) is 4.06. The molecule has 4 nitrogen and oxygen atoms in total. The van der Waals surface area contributed by atoms with Gasteiger partial charge in [0, 0.05) is 18.5 Å². The Morgan fingerprint density at radius 3 is 2.50 bits per heavy atom. The maximum absolute atomic E-state index is 13.1. The first-order valence-corrected chi connectivity index (χ1v) is 6.32. The highest BCUT2D eigenvalue weighted by atomic mass is 32.1. The van der Waals surface area contributed by atoms with Crippen LogP contribution in [0.15, 0.2) is 30.6 Å². The molecule has 2 rings (SSSR count). The molecule has 1 aromatic heterocycles. The number of ether oxygens (including phenoxy) is 1. The number of nitrogens with zero attached hydrogens (tertiary/aromatic N) is 2. The van der Waals surface area contributed by atoms with Crippen LogP contribution in [0, 0.1) is 16.4 Å². The van der Waals surface area contributed by atoms with E-state index in [2.05, 4.69) is 0 Å². The fraction of sp³-hybridized carbons (Fsp3) is 0.231. The van der Waals surface area contributed by atoms with Gasteiger partial charge in [-0.25, -0.2) is 18.1 Å². The number of benzene rings is 1. The number of halogens is 2. The lowest BCUT2D eigenvalue weighted by molar-refractivity contribution is 0.153. The SMILES string of the molecule is CCOC(=O)n1ccn(Cc2cc(F)cc(F)c2)c1=S. The van der Waals surface area contributed by atoms with E-state index in [1.54, 1.807) is 13.1 Å². The fourth-order valence-electron chi connectivity index (χ4n) is 1.76. The Balaban J connectivity index is 2.27. The van der Waals surface area contributed by atoms with Gasteiger partial charge in [0.25, 0.3) is 0 Å². The summed E-state index contributed by atoms with van der Waals surface area (Å²) < 4.78 is 33.9. The highest BCUT2D eigenvalue weighted by Gasteiger charge is 2.09. The summed E-state index contributed by atoms with van der Waals surface area (Å²) >= 11 is 5.12. The molecule has 0 bridgehead atoms. The third-order valence-corrected chi connectivity index (χ3v) is 3.02. The summed E-state index contributed by atoms with van der Waals surface area (Å²) in [6, 6.07) is 3.23. The average molecular weight is 298 g/mol. The van der Waals surface area contributed by atoms with Crippen LogP contribution in [0.2, 0.25) is 0 Å². The first-order chi connectivity index (χ1) is 9.51. The predicted molar refractivity (Wildman–Crippen MR) is 71.1 cm³/mol. The van der Waals surface area contributed by atoms with Crippen molar-refractivity contribution in [3.05, 3.63) is 52.6 Å². The van der Waals surface area contributed by atoms with Gasteiger partial charge in [-0.2, -0.15) is 0 Å². The van der Waals surface area contributed by atoms with Crippen LogP contribution >= 0.6 is 12.2 Å². The molecule has 7 heteroatoms. The van der Waals surface area contributed by atoms with Crippen LogP contribution in [0.5, 0.6) is 0 Å². The summed E-state index contributed by atoms with van der Waals surface area (Å²) in [7, 11) is 0. The zero-order valence-corrected chi connectivity index (χ0v) is 11.5. The molecule has 0 amide bonds. The molecule has 1 aromatic carbocycles. The summed E-state index contributed by atoms with van der Waals surface area (Å²) in [5.74, 6) is -1.31. The van der Waals surface area contributed by atoms with Gasteiger partial charge >= 0.3 is 6.09 Å². The Morgan fingerprint density at radius 1 is 1.25 bits per heavy atom. The van der Waals surface area contributed by atoms with E-state index in [9.17, 15) is 13.6 Å². The van der Waals surface area contributed by atoms with E-state index in [1.807, 2.05) is 0 Å². The quantitative estimate of drug-likeness (QED) is 0.815. The zero-order chi connectivity index (χ0) is 14.7. The number of carbonyl (C=O) groups is 1. The number of imidazole rings is 1. The van der Waals surface area contributed by atoms with Gasteiger partial charge in [0.1, 0.15) is 11.6 Å². The topological polar surface area (TPSA) is 36.2 Å². The van der Waals surface area contributed by atoms with Crippen molar-refractivity contribution in [2.75, 3.05) is 6.61 Å². The number of hydrogen-bond donors (Lipinski definition) is 0. The van der Waals surface area contributed by atoms with E-state index in [4.69, 9.17) is 17.0 Å². The molecule has 0 saturated carbocycles. The Hall–Kier alpha value is -2.02. The van der Waals surface area contributed by atoms with E-state index in [-0.39, 0.29) is 17.9 Å². The van der Waals surface area contributed by atoms with Crippen LogP contribution in [0.1, 0.15) is 12.5 Å². The van der Waals surface area contributed by atoms with E-state index in [0.717, 1.165) is 10.6 Å². The van der Waals surface area contributed by atoms with E-state index < -0.39 is 17.7 Å². The Labute approximate surface area is 119 Å². The van der Waals surface area contributed by atoms with Gasteiger partial charge in [0.05, 0.1) is 13.2 Å². The first kappa shape index (κ1) is 14.4. The molecule has 0 radical (unpaired) electrons. The monoisotopic (exact) mass is 298 g/mol. The summed E-state index contributed by atoms with van der Waals surface area (Å²) in [4.78, 5) is 11.6. The lowest BCUT2D eigenvalue weighted by Crippen LogP contribution is -2.13. The van der Waals surface area contributed by atoms with Crippen molar-refractivity contribution < 1.29 is 18.3 Å². The molecule has 2 aromatic rings. The highest BCUT2D eigenvalue weighted by molar-refractivity contribution is 7.71. The molecular weight excluding hydrogens is 286 g/mol. The van der Waals surface area contributed by atoms with Gasteiger partial charge in [-0.3, -0.25) is 0 Å². The molecule has 0 fully saturated rings. The van der Waals surface area contributed by atoms with Gasteiger partial charge in [-0.15, -0.1) is 0 Å². The molecule has 20 heavy (non-hydrogen) atoms. The molecular formula is C13H12F2N2O2S. The molecule has 0 atom stereocenters. The van der Waals surface area contributed by atoms with E-state index in [1.165, 1.54) is 22.9 Å². The minimum atomic E-state index is -0.656. The molecule has 106 valence electrons. The van der Waals surface area contributed by atoms with Crippen molar-refractivity contribution in [2.45, 2.75) is 13.5 Å². The third kappa shape index (κ3) is 3.11. The van der Waals surface area contributed by atoms with Crippen molar-refractivity contribution in [1.29, 1.82) is 0 Å². The van der Waals surface area contributed by atoms with E-state index >= 15 is 0 Å². The van der Waals surface area contributed by atoms with Crippen molar-refractivity contribution in [3.63, 3.8) is 0 Å². The lowest BCUT2D eigenvalue weighted by atomic mass is 10.2. The molecule has 0 unspecified atom stereocenters. The normalized spacial score (nSPS) is 10.6. The minimum absolute atomic E-state index is 0.167. The second kappa shape index (κ2) is 5.96. The number of rotatable bonds is 3. The maximum Gasteiger partial charge on any atom is 0.420 e. The van der Waals surface area contributed by atoms with Crippen molar-refractivity contribution >= 4 is 18.3 Å². The zero-order valence-electron chi connectivity index (χ0n) is 10.7. The largest absolute Gasteiger partial charge is 0.449 e. The van der Waals surface area contributed by atoms with Gasteiger partial charge < -0.3 is 9.30 Å². The van der Waals surface area contributed by atoms with Crippen LogP contribution in [0.3, 0.4) is 0 Å². The first-order valence-electron chi connectivity index (χ1n) is 5.91. The summed E-state index contributed by atoms with van der Waals surface area (Å²) in [6.45, 7) is 2.09. The maximum atomic E-state index is 13.1. The van der Waals surface area contributed by atoms with Gasteiger partial charge in [0.15, 0.2) is 4.77 Å². The second-order valence-corrected chi connectivity index (χ2v) is 4.42. The molecule has 0 aliphatic carbocycles.